The molecule has 23 heavy (non-hydrogen) atoms. The summed E-state index contributed by atoms with van der Waals surface area (Å²) in [5.74, 6) is -2.47. The fourth-order valence-electron chi connectivity index (χ4n) is 3.67. The predicted octanol–water partition coefficient (Wildman–Crippen LogP) is 1.23. The molecule has 0 spiro atoms. The number of carboxylic acid groups (broad SMARTS) is 2. The Morgan fingerprint density at radius 1 is 1.04 bits per heavy atom. The number of nitrogens with zero attached hydrogens (tertiary/aromatic N) is 1. The molecule has 2 atom stereocenters. The van der Waals surface area contributed by atoms with Crippen molar-refractivity contribution >= 4 is 17.8 Å². The molecule has 1 aliphatic heterocycles. The van der Waals surface area contributed by atoms with Crippen molar-refractivity contribution in [1.82, 2.24) is 4.90 Å². The van der Waals surface area contributed by atoms with Gasteiger partial charge in [0.2, 0.25) is 5.91 Å². The topological polar surface area (TPSA) is 94.9 Å². The summed E-state index contributed by atoms with van der Waals surface area (Å²) in [7, 11) is 0. The van der Waals surface area contributed by atoms with Gasteiger partial charge in [0.25, 0.3) is 0 Å². The second kappa shape index (κ2) is 4.81. The second-order valence-corrected chi connectivity index (χ2v) is 6.80. The molecule has 1 heterocycles. The Hall–Kier alpha value is -2.37. The van der Waals surface area contributed by atoms with Crippen molar-refractivity contribution in [3.8, 4) is 0 Å². The van der Waals surface area contributed by atoms with E-state index in [-0.39, 0.29) is 31.8 Å². The summed E-state index contributed by atoms with van der Waals surface area (Å²) in [6.45, 7) is 3.92. The lowest BCUT2D eigenvalue weighted by molar-refractivity contribution is -0.151. The summed E-state index contributed by atoms with van der Waals surface area (Å²) in [6, 6.07) is 5.75. The average molecular weight is 317 g/mol. The molecule has 1 aromatic carbocycles. The van der Waals surface area contributed by atoms with E-state index in [1.807, 2.05) is 32.0 Å². The molecule has 1 amide bonds. The molecule has 1 aromatic rings. The van der Waals surface area contributed by atoms with Crippen molar-refractivity contribution in [3.05, 3.63) is 34.9 Å². The molecule has 2 fully saturated rings. The molecule has 0 unspecified atom stereocenters. The zero-order valence-corrected chi connectivity index (χ0v) is 13.1. The second-order valence-electron chi connectivity index (χ2n) is 6.80. The fraction of sp³-hybridized carbons (Fsp3) is 0.471. The Balaban J connectivity index is 1.76. The molecule has 6 nitrogen and oxygen atoms in total. The molecular formula is C17H19NO5. The molecule has 3 rings (SSSR count). The molecule has 2 N–H and O–H groups in total. The van der Waals surface area contributed by atoms with E-state index in [0.717, 1.165) is 16.7 Å². The number of carbonyl (C=O) groups is 3. The van der Waals surface area contributed by atoms with Crippen LogP contribution in [0.25, 0.3) is 0 Å². The zero-order chi connectivity index (χ0) is 17.0. The smallest absolute Gasteiger partial charge is 0.312 e. The van der Waals surface area contributed by atoms with E-state index in [1.54, 1.807) is 0 Å². The highest BCUT2D eigenvalue weighted by molar-refractivity contribution is 5.96. The lowest BCUT2D eigenvalue weighted by atomic mass is 9.97. The third-order valence-corrected chi connectivity index (χ3v) is 5.41. The van der Waals surface area contributed by atoms with Gasteiger partial charge in [-0.15, -0.1) is 0 Å². The van der Waals surface area contributed by atoms with Crippen molar-refractivity contribution < 1.29 is 24.6 Å². The Morgan fingerprint density at radius 3 is 2.09 bits per heavy atom. The number of fused-ring (bicyclic) bond motifs is 1. The zero-order valence-electron chi connectivity index (χ0n) is 13.1. The fourth-order valence-corrected chi connectivity index (χ4v) is 3.67. The first kappa shape index (κ1) is 15.5. The number of benzene rings is 1. The van der Waals surface area contributed by atoms with Gasteiger partial charge in [-0.05, 0) is 37.0 Å². The monoisotopic (exact) mass is 317 g/mol. The number of likely N-dealkylation sites (tertiary alicyclic amines) is 1. The van der Waals surface area contributed by atoms with Crippen molar-refractivity contribution in [2.24, 2.45) is 10.8 Å². The van der Waals surface area contributed by atoms with Gasteiger partial charge in [0.15, 0.2) is 0 Å². The van der Waals surface area contributed by atoms with Crippen LogP contribution in [0, 0.1) is 24.7 Å². The number of aryl methyl sites for hydroxylation is 2. The van der Waals surface area contributed by atoms with Gasteiger partial charge in [0.1, 0.15) is 10.8 Å². The van der Waals surface area contributed by atoms with E-state index >= 15 is 0 Å². The largest absolute Gasteiger partial charge is 0.481 e. The minimum Gasteiger partial charge on any atom is -0.481 e. The minimum atomic E-state index is -1.31. The Morgan fingerprint density at radius 2 is 1.61 bits per heavy atom. The van der Waals surface area contributed by atoms with E-state index < -0.39 is 22.8 Å². The van der Waals surface area contributed by atoms with Crippen LogP contribution in [-0.2, 0) is 20.8 Å². The Labute approximate surface area is 133 Å². The number of piperidine rings is 1. The summed E-state index contributed by atoms with van der Waals surface area (Å²) in [5.41, 5.74) is 0.462. The number of hydrogen-bond donors (Lipinski definition) is 2. The van der Waals surface area contributed by atoms with E-state index in [4.69, 9.17) is 0 Å². The normalized spacial score (nSPS) is 28.3. The molecular weight excluding hydrogens is 298 g/mol. The van der Waals surface area contributed by atoms with Crippen molar-refractivity contribution in [2.75, 3.05) is 13.1 Å². The van der Waals surface area contributed by atoms with E-state index in [1.165, 1.54) is 4.90 Å². The minimum absolute atomic E-state index is 0.0156. The average Bonchev–Trinajstić information content (AvgIpc) is 3.02. The molecule has 122 valence electrons. The molecule has 0 bridgehead atoms. The SMILES string of the molecule is Cc1ccc(CC(=O)N2C[C@@]3(C(=O)O)C[C@@]3(C(=O)O)C2)cc1C. The molecule has 0 radical (unpaired) electrons. The third kappa shape index (κ3) is 2.12. The molecule has 2 aliphatic rings. The first-order chi connectivity index (χ1) is 10.7. The van der Waals surface area contributed by atoms with Crippen LogP contribution >= 0.6 is 0 Å². The number of carbonyl (C=O) groups excluding carboxylic acids is 1. The Kier molecular flexibility index (Phi) is 3.25. The molecule has 1 saturated carbocycles. The van der Waals surface area contributed by atoms with Gasteiger partial charge in [-0.1, -0.05) is 18.2 Å². The van der Waals surface area contributed by atoms with Crippen LogP contribution in [0.3, 0.4) is 0 Å². The number of rotatable bonds is 4. The summed E-state index contributed by atoms with van der Waals surface area (Å²) >= 11 is 0. The van der Waals surface area contributed by atoms with Crippen LogP contribution in [0.4, 0.5) is 0 Å². The van der Waals surface area contributed by atoms with Crippen molar-refractivity contribution in [3.63, 3.8) is 0 Å². The van der Waals surface area contributed by atoms with Gasteiger partial charge >= 0.3 is 11.9 Å². The molecule has 0 aromatic heterocycles. The van der Waals surface area contributed by atoms with Crippen LogP contribution in [0.15, 0.2) is 18.2 Å². The molecule has 1 saturated heterocycles. The van der Waals surface area contributed by atoms with Crippen molar-refractivity contribution in [2.45, 2.75) is 26.7 Å². The van der Waals surface area contributed by atoms with Crippen LogP contribution in [0.5, 0.6) is 0 Å². The number of hydrogen-bond acceptors (Lipinski definition) is 3. The van der Waals surface area contributed by atoms with E-state index in [9.17, 15) is 24.6 Å². The highest BCUT2D eigenvalue weighted by Gasteiger charge is 2.81. The van der Waals surface area contributed by atoms with E-state index in [2.05, 4.69) is 0 Å². The van der Waals surface area contributed by atoms with Crippen LogP contribution in [0.2, 0.25) is 0 Å². The van der Waals surface area contributed by atoms with Crippen LogP contribution in [-0.4, -0.2) is 46.0 Å². The highest BCUT2D eigenvalue weighted by atomic mass is 16.4. The molecule has 1 aliphatic carbocycles. The maximum atomic E-state index is 12.4. The number of amides is 1. The quantitative estimate of drug-likeness (QED) is 0.871. The first-order valence-electron chi connectivity index (χ1n) is 7.53. The van der Waals surface area contributed by atoms with Gasteiger partial charge in [0, 0.05) is 13.1 Å². The van der Waals surface area contributed by atoms with Crippen LogP contribution < -0.4 is 0 Å². The van der Waals surface area contributed by atoms with Crippen molar-refractivity contribution in [1.29, 1.82) is 0 Å². The number of aliphatic carboxylic acids is 2. The number of carboxylic acids is 2. The maximum absolute atomic E-state index is 12.4. The highest BCUT2D eigenvalue weighted by Crippen LogP contribution is 2.68. The lowest BCUT2D eigenvalue weighted by Gasteiger charge is -2.20. The first-order valence-corrected chi connectivity index (χ1v) is 7.53. The lowest BCUT2D eigenvalue weighted by Crippen LogP contribution is -2.35. The maximum Gasteiger partial charge on any atom is 0.312 e. The third-order valence-electron chi connectivity index (χ3n) is 5.41. The summed E-state index contributed by atoms with van der Waals surface area (Å²) in [4.78, 5) is 36.8. The Bertz CT molecular complexity index is 700. The summed E-state index contributed by atoms with van der Waals surface area (Å²) in [5, 5.41) is 18.8. The van der Waals surface area contributed by atoms with E-state index in [0.29, 0.717) is 0 Å². The van der Waals surface area contributed by atoms with Crippen LogP contribution in [0.1, 0.15) is 23.1 Å². The summed E-state index contributed by atoms with van der Waals surface area (Å²) in [6.07, 6.45) is 0.268. The molecule has 6 heteroatoms. The summed E-state index contributed by atoms with van der Waals surface area (Å²) < 4.78 is 0. The predicted molar refractivity (Wildman–Crippen MR) is 81.0 cm³/mol. The standard InChI is InChI=1S/C17H19NO5/c1-10-3-4-12(5-11(10)2)6-13(19)18-8-16(14(20)21)7-17(16,9-18)15(22)23/h3-5H,6-9H2,1-2H3,(H,20,21)(H,22,23)/t16-,17+. The van der Waals surface area contributed by atoms with Gasteiger partial charge in [-0.2, -0.15) is 0 Å². The van der Waals surface area contributed by atoms with Gasteiger partial charge in [0.05, 0.1) is 6.42 Å². The van der Waals surface area contributed by atoms with Gasteiger partial charge < -0.3 is 15.1 Å². The van der Waals surface area contributed by atoms with Gasteiger partial charge in [-0.25, -0.2) is 0 Å². The van der Waals surface area contributed by atoms with Gasteiger partial charge in [-0.3, -0.25) is 14.4 Å².